The first-order valence-corrected chi connectivity index (χ1v) is 5.76. The van der Waals surface area contributed by atoms with Gasteiger partial charge in [-0.05, 0) is 38.0 Å². The summed E-state index contributed by atoms with van der Waals surface area (Å²) >= 11 is 0. The van der Waals surface area contributed by atoms with Crippen molar-refractivity contribution < 1.29 is 4.74 Å². The maximum Gasteiger partial charge on any atom is 0.0614 e. The Hall–Kier alpha value is -1.46. The molecule has 1 fully saturated rings. The first kappa shape index (κ1) is 11.0. The van der Waals surface area contributed by atoms with Gasteiger partial charge in [0.2, 0.25) is 0 Å². The van der Waals surface area contributed by atoms with Crippen LogP contribution in [-0.4, -0.2) is 18.8 Å². The van der Waals surface area contributed by atoms with E-state index in [1.807, 2.05) is 25.1 Å². The number of anilines is 1. The molecule has 1 aromatic carbocycles. The van der Waals surface area contributed by atoms with Crippen molar-refractivity contribution in [3.63, 3.8) is 0 Å². The van der Waals surface area contributed by atoms with Crippen LogP contribution in [0.4, 0.5) is 5.69 Å². The molecular formula is C14H17NO. The quantitative estimate of drug-likeness (QED) is 0.780. The third-order valence-corrected chi connectivity index (χ3v) is 2.90. The summed E-state index contributed by atoms with van der Waals surface area (Å²) in [4.78, 5) is 0. The van der Waals surface area contributed by atoms with E-state index in [-0.39, 0.29) is 0 Å². The molecule has 0 aromatic heterocycles. The first-order chi connectivity index (χ1) is 7.81. The molecule has 1 aliphatic rings. The van der Waals surface area contributed by atoms with Crippen LogP contribution >= 0.6 is 0 Å². The Morgan fingerprint density at radius 2 is 2.31 bits per heavy atom. The summed E-state index contributed by atoms with van der Waals surface area (Å²) < 4.78 is 5.52. The predicted octanol–water partition coefficient (Wildman–Crippen LogP) is 2.65. The summed E-state index contributed by atoms with van der Waals surface area (Å²) in [6.45, 7) is 2.85. The van der Waals surface area contributed by atoms with E-state index in [2.05, 4.69) is 17.3 Å². The fraction of sp³-hybridized carbons (Fsp3) is 0.429. The van der Waals surface area contributed by atoms with E-state index in [0.717, 1.165) is 30.7 Å². The van der Waals surface area contributed by atoms with Crippen molar-refractivity contribution in [2.24, 2.45) is 0 Å². The van der Waals surface area contributed by atoms with Crippen molar-refractivity contribution in [3.05, 3.63) is 29.8 Å². The Labute approximate surface area is 97.0 Å². The molecule has 0 aliphatic heterocycles. The molecule has 0 spiro atoms. The molecule has 0 radical (unpaired) electrons. The van der Waals surface area contributed by atoms with E-state index >= 15 is 0 Å². The Kier molecular flexibility index (Phi) is 3.48. The zero-order valence-corrected chi connectivity index (χ0v) is 9.57. The van der Waals surface area contributed by atoms with Gasteiger partial charge in [0.1, 0.15) is 0 Å². The van der Waals surface area contributed by atoms with Gasteiger partial charge in [0.25, 0.3) is 0 Å². The third kappa shape index (κ3) is 2.56. The van der Waals surface area contributed by atoms with Crippen molar-refractivity contribution in [1.82, 2.24) is 0 Å². The van der Waals surface area contributed by atoms with Gasteiger partial charge in [0.15, 0.2) is 0 Å². The van der Waals surface area contributed by atoms with Crippen LogP contribution in [0.2, 0.25) is 0 Å². The molecule has 0 heterocycles. The fourth-order valence-corrected chi connectivity index (χ4v) is 1.99. The van der Waals surface area contributed by atoms with Crippen molar-refractivity contribution in [2.45, 2.75) is 31.9 Å². The average molecular weight is 215 g/mol. The van der Waals surface area contributed by atoms with Gasteiger partial charge >= 0.3 is 0 Å². The lowest BCUT2D eigenvalue weighted by molar-refractivity contribution is 0.00299. The molecule has 0 saturated heterocycles. The van der Waals surface area contributed by atoms with Crippen LogP contribution in [0.3, 0.4) is 0 Å². The van der Waals surface area contributed by atoms with E-state index in [4.69, 9.17) is 11.2 Å². The number of terminal acetylenes is 1. The van der Waals surface area contributed by atoms with Gasteiger partial charge in [-0.25, -0.2) is 0 Å². The van der Waals surface area contributed by atoms with E-state index < -0.39 is 0 Å². The second-order valence-corrected chi connectivity index (χ2v) is 4.12. The molecule has 1 N–H and O–H groups in total. The normalized spacial score (nSPS) is 23.2. The SMILES string of the molecule is C#Cc1cccc(NC2CC(OCC)C2)c1. The topological polar surface area (TPSA) is 21.3 Å². The fourth-order valence-electron chi connectivity index (χ4n) is 1.99. The van der Waals surface area contributed by atoms with E-state index in [9.17, 15) is 0 Å². The molecule has 2 rings (SSSR count). The standard InChI is InChI=1S/C14H17NO/c1-3-11-6-5-7-12(8-11)15-13-9-14(10-13)16-4-2/h1,5-8,13-15H,4,9-10H2,2H3. The average Bonchev–Trinajstić information content (AvgIpc) is 2.27. The molecule has 1 aliphatic carbocycles. The number of benzene rings is 1. The monoisotopic (exact) mass is 215 g/mol. The molecule has 0 atom stereocenters. The number of hydrogen-bond donors (Lipinski definition) is 1. The zero-order valence-electron chi connectivity index (χ0n) is 9.57. The zero-order chi connectivity index (χ0) is 11.4. The molecule has 0 amide bonds. The van der Waals surface area contributed by atoms with Crippen LogP contribution in [0.5, 0.6) is 0 Å². The van der Waals surface area contributed by atoms with E-state index in [1.165, 1.54) is 0 Å². The molecule has 16 heavy (non-hydrogen) atoms. The molecule has 0 bridgehead atoms. The second-order valence-electron chi connectivity index (χ2n) is 4.12. The van der Waals surface area contributed by atoms with E-state index in [0.29, 0.717) is 12.1 Å². The largest absolute Gasteiger partial charge is 0.382 e. The van der Waals surface area contributed by atoms with Gasteiger partial charge < -0.3 is 10.1 Å². The number of nitrogens with one attached hydrogen (secondary N) is 1. The van der Waals surface area contributed by atoms with Crippen molar-refractivity contribution in [2.75, 3.05) is 11.9 Å². The molecule has 1 saturated carbocycles. The number of rotatable bonds is 4. The van der Waals surface area contributed by atoms with Crippen molar-refractivity contribution in [3.8, 4) is 12.3 Å². The second kappa shape index (κ2) is 5.05. The lowest BCUT2D eigenvalue weighted by Gasteiger charge is -2.36. The highest BCUT2D eigenvalue weighted by atomic mass is 16.5. The van der Waals surface area contributed by atoms with Gasteiger partial charge in [-0.2, -0.15) is 0 Å². The Morgan fingerprint density at radius 3 is 3.00 bits per heavy atom. The van der Waals surface area contributed by atoms with Gasteiger partial charge in [0.05, 0.1) is 6.10 Å². The van der Waals surface area contributed by atoms with Gasteiger partial charge in [-0.3, -0.25) is 0 Å². The van der Waals surface area contributed by atoms with Crippen LogP contribution in [-0.2, 0) is 4.74 Å². The summed E-state index contributed by atoms with van der Waals surface area (Å²) in [5, 5.41) is 3.47. The summed E-state index contributed by atoms with van der Waals surface area (Å²) in [6.07, 6.45) is 7.99. The first-order valence-electron chi connectivity index (χ1n) is 5.76. The lowest BCUT2D eigenvalue weighted by Crippen LogP contribution is -2.40. The molecule has 2 nitrogen and oxygen atoms in total. The maximum atomic E-state index is 5.52. The summed E-state index contributed by atoms with van der Waals surface area (Å²) in [7, 11) is 0. The predicted molar refractivity (Wildman–Crippen MR) is 66.4 cm³/mol. The number of hydrogen-bond acceptors (Lipinski definition) is 2. The maximum absolute atomic E-state index is 5.52. The van der Waals surface area contributed by atoms with E-state index in [1.54, 1.807) is 0 Å². The Balaban J connectivity index is 1.85. The van der Waals surface area contributed by atoms with Crippen molar-refractivity contribution >= 4 is 5.69 Å². The van der Waals surface area contributed by atoms with Gasteiger partial charge in [-0.15, -0.1) is 6.42 Å². The minimum atomic E-state index is 0.443. The minimum absolute atomic E-state index is 0.443. The van der Waals surface area contributed by atoms with Crippen LogP contribution in [0.1, 0.15) is 25.3 Å². The summed E-state index contributed by atoms with van der Waals surface area (Å²) in [6, 6.07) is 8.51. The number of ether oxygens (including phenoxy) is 1. The molecular weight excluding hydrogens is 198 g/mol. The highest BCUT2D eigenvalue weighted by molar-refractivity contribution is 5.50. The van der Waals surface area contributed by atoms with Crippen LogP contribution in [0.15, 0.2) is 24.3 Å². The molecule has 0 unspecified atom stereocenters. The van der Waals surface area contributed by atoms with Crippen LogP contribution in [0, 0.1) is 12.3 Å². The van der Waals surface area contributed by atoms with Crippen LogP contribution in [0.25, 0.3) is 0 Å². The minimum Gasteiger partial charge on any atom is -0.382 e. The summed E-state index contributed by atoms with van der Waals surface area (Å²) in [5.74, 6) is 2.64. The smallest absolute Gasteiger partial charge is 0.0614 e. The molecule has 2 heteroatoms. The molecule has 84 valence electrons. The summed E-state index contributed by atoms with van der Waals surface area (Å²) in [5.41, 5.74) is 2.03. The lowest BCUT2D eigenvalue weighted by atomic mass is 9.89. The highest BCUT2D eigenvalue weighted by Gasteiger charge is 2.29. The van der Waals surface area contributed by atoms with Crippen molar-refractivity contribution in [1.29, 1.82) is 0 Å². The molecule has 1 aromatic rings. The Bertz CT molecular complexity index is 388. The third-order valence-electron chi connectivity index (χ3n) is 2.90. The van der Waals surface area contributed by atoms with Crippen LogP contribution < -0.4 is 5.32 Å². The highest BCUT2D eigenvalue weighted by Crippen LogP contribution is 2.26. The van der Waals surface area contributed by atoms with Gasteiger partial charge in [-0.1, -0.05) is 12.0 Å². The Morgan fingerprint density at radius 1 is 1.50 bits per heavy atom. The van der Waals surface area contributed by atoms with Gasteiger partial charge in [0, 0.05) is 23.9 Å².